The number of hydrogen-bond donors (Lipinski definition) is 5. The molecule has 0 atom stereocenters. The van der Waals surface area contributed by atoms with Crippen molar-refractivity contribution in [2.75, 3.05) is 78.8 Å². The summed E-state index contributed by atoms with van der Waals surface area (Å²) in [5.41, 5.74) is 18.7. The Labute approximate surface area is 438 Å². The Bertz CT molecular complexity index is 3540. The van der Waals surface area contributed by atoms with Gasteiger partial charge in [0.15, 0.2) is 0 Å². The van der Waals surface area contributed by atoms with Gasteiger partial charge in [0.2, 0.25) is 5.88 Å². The van der Waals surface area contributed by atoms with Gasteiger partial charge < -0.3 is 49.3 Å². The lowest BCUT2D eigenvalue weighted by atomic mass is 9.97. The van der Waals surface area contributed by atoms with Crippen LogP contribution in [-0.4, -0.2) is 109 Å². The van der Waals surface area contributed by atoms with Crippen LogP contribution in [0.25, 0.3) is 67.1 Å². The number of nitrogens with zero attached hydrogens (tertiary/aromatic N) is 10. The van der Waals surface area contributed by atoms with Crippen LogP contribution in [-0.2, 0) is 9.47 Å². The molecule has 10 aromatic rings. The summed E-state index contributed by atoms with van der Waals surface area (Å²) < 4.78 is 21.2. The molecule has 12 rings (SSSR count). The number of aromatic nitrogens is 10. The minimum atomic E-state index is -0.422. The number of carbonyl (C=O) groups excluding carboxylic acids is 1. The molecule has 0 saturated carbocycles. The number of aryl methyl sites for hydroxylation is 1. The highest BCUT2D eigenvalue weighted by Gasteiger charge is 2.21. The zero-order valence-corrected chi connectivity index (χ0v) is 42.9. The smallest absolute Gasteiger partial charge is 0.326 e. The summed E-state index contributed by atoms with van der Waals surface area (Å²) in [6.45, 7) is 16.5. The highest BCUT2D eigenvalue weighted by Crippen LogP contribution is 2.35. The van der Waals surface area contributed by atoms with Crippen LogP contribution >= 0.6 is 0 Å². The molecular weight excluding hydrogens is 963 g/mol. The van der Waals surface area contributed by atoms with Crippen molar-refractivity contribution in [1.82, 2.24) is 50.2 Å². The van der Waals surface area contributed by atoms with Crippen LogP contribution in [0.1, 0.15) is 56.4 Å². The number of aromatic amines is 2. The van der Waals surface area contributed by atoms with E-state index in [9.17, 15) is 4.79 Å². The number of rotatable bonds is 10. The normalized spacial score (nSPS) is 13.6. The van der Waals surface area contributed by atoms with Crippen LogP contribution in [0.15, 0.2) is 131 Å². The second-order valence-electron chi connectivity index (χ2n) is 18.9. The van der Waals surface area contributed by atoms with Crippen molar-refractivity contribution >= 4 is 57.0 Å². The summed E-state index contributed by atoms with van der Waals surface area (Å²) in [6.07, 6.45) is 10.1. The number of nitrogen functional groups attached to an aromatic ring is 1. The van der Waals surface area contributed by atoms with Gasteiger partial charge in [-0.3, -0.25) is 15.3 Å². The third-order valence-electron chi connectivity index (χ3n) is 13.0. The summed E-state index contributed by atoms with van der Waals surface area (Å²) in [5.74, 6) is 3.47. The Morgan fingerprint density at radius 2 is 1.13 bits per heavy atom. The highest BCUT2D eigenvalue weighted by molar-refractivity contribution is 6.00. The topological polar surface area (TPSA) is 253 Å². The van der Waals surface area contributed by atoms with E-state index in [0.29, 0.717) is 30.5 Å². The minimum absolute atomic E-state index is 0.163. The van der Waals surface area contributed by atoms with Crippen molar-refractivity contribution < 1.29 is 23.3 Å². The average molecular weight is 1020 g/mol. The quantitative estimate of drug-likeness (QED) is 0.0799. The molecule has 6 N–H and O–H groups in total. The Balaban J connectivity index is 0.000000150. The molecule has 2 saturated heterocycles. The van der Waals surface area contributed by atoms with Crippen molar-refractivity contribution in [2.45, 2.75) is 46.5 Å². The van der Waals surface area contributed by atoms with E-state index in [0.717, 1.165) is 135 Å². The van der Waals surface area contributed by atoms with E-state index < -0.39 is 6.03 Å². The van der Waals surface area contributed by atoms with Gasteiger partial charge in [-0.1, -0.05) is 50.1 Å². The summed E-state index contributed by atoms with van der Waals surface area (Å²) >= 11 is 0. The number of carbonyl (C=O) groups is 1. The van der Waals surface area contributed by atoms with E-state index in [-0.39, 0.29) is 11.8 Å². The SMILES string of the molecule is CC(C)c1cc(-c2cc3c(N4CCOCC4)ncnc3[nH]2)ccc1N.CC(C)c1cc(-c2cc3c(N4CCOCC4)ncnc3[nH]2)ccc1NC(=O)Nc1cc(-c2cccnc2)no1.Cc1cc(-c2cccnc2)no1. The molecule has 388 valence electrons. The largest absolute Gasteiger partial charge is 0.398 e. The second kappa shape index (κ2) is 23.0. The number of urea groups is 1. The fraction of sp³-hybridized carbons (Fsp3) is 0.268. The van der Waals surface area contributed by atoms with Crippen LogP contribution in [0.2, 0.25) is 0 Å². The number of nitrogens with two attached hydrogens (primary N) is 1. The number of morpholine rings is 2. The van der Waals surface area contributed by atoms with Gasteiger partial charge in [0.1, 0.15) is 52.7 Å². The lowest BCUT2D eigenvalue weighted by molar-refractivity contribution is 0.122. The Morgan fingerprint density at radius 3 is 1.64 bits per heavy atom. The van der Waals surface area contributed by atoms with Crippen molar-refractivity contribution in [3.63, 3.8) is 0 Å². The summed E-state index contributed by atoms with van der Waals surface area (Å²) in [6, 6.07) is 27.0. The number of fused-ring (bicyclic) bond motifs is 2. The first-order valence-electron chi connectivity index (χ1n) is 25.2. The lowest BCUT2D eigenvalue weighted by Crippen LogP contribution is -2.36. The fourth-order valence-corrected chi connectivity index (χ4v) is 9.05. The molecule has 2 amide bonds. The molecule has 0 radical (unpaired) electrons. The molecule has 2 fully saturated rings. The van der Waals surface area contributed by atoms with Crippen LogP contribution in [0, 0.1) is 6.92 Å². The standard InChI is InChI=1S/C28H28N8O3.C19H23N5O.C9H8N2O/c1-17(2)20-12-18(23-13-21-26(32-23)30-16-31-27(21)36-8-10-38-11-9-36)5-6-22(20)33-28(37)34-25-14-24(35-39-25)19-4-3-7-29-15-19;1-12(2)14-9-13(3-4-16(14)20)17-10-15-18(23-17)21-11-22-19(15)24-5-7-25-8-6-24;1-7-5-9(11-12-7)8-3-2-4-10-6-8/h3-7,12-17H,8-11H2,1-2H3,(H,30,31,32)(H2,33,34,37);3-4,9-12H,5-8,20H2,1-2H3,(H,21,22,23);2-6H,1H3. The van der Waals surface area contributed by atoms with Crippen molar-refractivity contribution in [2.24, 2.45) is 0 Å². The van der Waals surface area contributed by atoms with Gasteiger partial charge in [-0.15, -0.1) is 0 Å². The van der Waals surface area contributed by atoms with E-state index in [1.54, 1.807) is 43.5 Å². The van der Waals surface area contributed by atoms with E-state index in [1.807, 2.05) is 61.5 Å². The Kier molecular flexibility index (Phi) is 15.3. The maximum absolute atomic E-state index is 12.8. The number of hydrogen-bond acceptors (Lipinski definition) is 16. The molecule has 2 aliphatic heterocycles. The van der Waals surface area contributed by atoms with Crippen molar-refractivity contribution in [1.29, 1.82) is 0 Å². The highest BCUT2D eigenvalue weighted by atomic mass is 16.5. The maximum Gasteiger partial charge on any atom is 0.326 e. The fourth-order valence-electron chi connectivity index (χ4n) is 9.05. The monoisotopic (exact) mass is 1020 g/mol. The number of benzene rings is 2. The summed E-state index contributed by atoms with van der Waals surface area (Å²) in [4.78, 5) is 50.2. The molecular formula is C56H59N15O5. The van der Waals surface area contributed by atoms with Crippen LogP contribution in [0.4, 0.5) is 33.7 Å². The van der Waals surface area contributed by atoms with Crippen molar-refractivity contribution in [3.05, 3.63) is 139 Å². The molecule has 0 unspecified atom stereocenters. The van der Waals surface area contributed by atoms with Gasteiger partial charge in [-0.25, -0.2) is 24.7 Å². The summed E-state index contributed by atoms with van der Waals surface area (Å²) in [5, 5.41) is 15.6. The second-order valence-corrected chi connectivity index (χ2v) is 18.9. The average Bonchev–Trinajstić information content (AvgIpc) is 4.30. The van der Waals surface area contributed by atoms with Gasteiger partial charge in [-0.05, 0) is 102 Å². The number of pyridine rings is 2. The van der Waals surface area contributed by atoms with Crippen LogP contribution in [0.3, 0.4) is 0 Å². The number of amides is 2. The first-order valence-corrected chi connectivity index (χ1v) is 25.2. The Morgan fingerprint density at radius 1 is 0.605 bits per heavy atom. The molecule has 10 heterocycles. The molecule has 20 nitrogen and oxygen atoms in total. The third kappa shape index (κ3) is 11.7. The van der Waals surface area contributed by atoms with E-state index in [4.69, 9.17) is 24.3 Å². The van der Waals surface area contributed by atoms with Gasteiger partial charge >= 0.3 is 6.03 Å². The first kappa shape index (κ1) is 50.5. The van der Waals surface area contributed by atoms with Gasteiger partial charge in [-0.2, -0.15) is 0 Å². The Hall–Kier alpha value is -9.01. The zero-order chi connectivity index (χ0) is 52.5. The van der Waals surface area contributed by atoms with Crippen molar-refractivity contribution in [3.8, 4) is 45.0 Å². The molecule has 0 bridgehead atoms. The summed E-state index contributed by atoms with van der Waals surface area (Å²) in [7, 11) is 0. The predicted octanol–water partition coefficient (Wildman–Crippen LogP) is 10.5. The van der Waals surface area contributed by atoms with Gasteiger partial charge in [0, 0.05) is 97.0 Å². The zero-order valence-electron chi connectivity index (χ0n) is 42.9. The van der Waals surface area contributed by atoms with Gasteiger partial charge in [0.05, 0.1) is 37.2 Å². The van der Waals surface area contributed by atoms with E-state index >= 15 is 0 Å². The molecule has 76 heavy (non-hydrogen) atoms. The lowest BCUT2D eigenvalue weighted by Gasteiger charge is -2.27. The first-order chi connectivity index (χ1) is 37.0. The number of anilines is 5. The molecule has 2 aromatic carbocycles. The van der Waals surface area contributed by atoms with Crippen LogP contribution in [0.5, 0.6) is 0 Å². The number of nitrogens with one attached hydrogen (secondary N) is 4. The van der Waals surface area contributed by atoms with Crippen LogP contribution < -0.4 is 26.2 Å². The third-order valence-corrected chi connectivity index (χ3v) is 13.0. The minimum Gasteiger partial charge on any atom is -0.398 e. The molecule has 2 aliphatic rings. The molecule has 8 aromatic heterocycles. The molecule has 0 spiro atoms. The number of H-pyrrole nitrogens is 2. The van der Waals surface area contributed by atoms with E-state index in [2.05, 4.69) is 123 Å². The maximum atomic E-state index is 12.8. The number of ether oxygens (including phenoxy) is 2. The predicted molar refractivity (Wildman–Crippen MR) is 294 cm³/mol. The molecule has 0 aliphatic carbocycles. The molecule has 20 heteroatoms. The van der Waals surface area contributed by atoms with E-state index in [1.165, 1.54) is 0 Å². The van der Waals surface area contributed by atoms with Gasteiger partial charge in [0.25, 0.3) is 0 Å².